The van der Waals surface area contributed by atoms with E-state index in [2.05, 4.69) is 10.4 Å². The topological polar surface area (TPSA) is 56.1 Å². The first-order valence-corrected chi connectivity index (χ1v) is 5.62. The molecular weight excluding hydrogens is 242 g/mol. The number of hydrogen-bond acceptors (Lipinski definition) is 4. The highest BCUT2D eigenvalue weighted by atomic mass is 35.5. The average molecular weight is 260 g/mol. The van der Waals surface area contributed by atoms with Gasteiger partial charge in [0.25, 0.3) is 5.56 Å². The Hall–Kier alpha value is -1.07. The Morgan fingerprint density at radius 1 is 1.65 bits per heavy atom. The van der Waals surface area contributed by atoms with Crippen LogP contribution in [-0.4, -0.2) is 29.0 Å². The third-order valence-corrected chi connectivity index (χ3v) is 2.96. The van der Waals surface area contributed by atoms with Gasteiger partial charge in [-0.3, -0.25) is 4.79 Å². The minimum Gasteiger partial charge on any atom is -0.379 e. The fourth-order valence-corrected chi connectivity index (χ4v) is 1.91. The molecule has 1 unspecified atom stereocenters. The number of halogens is 1. The molecule has 1 fully saturated rings. The zero-order chi connectivity index (χ0) is 11.5. The van der Waals surface area contributed by atoms with Gasteiger partial charge in [-0.2, -0.15) is 5.10 Å². The van der Waals surface area contributed by atoms with E-state index in [-0.39, 0.29) is 24.1 Å². The van der Waals surface area contributed by atoms with E-state index in [0.29, 0.717) is 12.3 Å². The molecule has 6 heteroatoms. The van der Waals surface area contributed by atoms with Crippen LogP contribution < -0.4 is 10.9 Å². The number of nitrogens with one attached hydrogen (secondary N) is 1. The summed E-state index contributed by atoms with van der Waals surface area (Å²) in [5, 5.41) is 7.29. The summed E-state index contributed by atoms with van der Waals surface area (Å²) < 4.78 is 6.55. The number of ether oxygens (including phenoxy) is 1. The van der Waals surface area contributed by atoms with E-state index >= 15 is 0 Å². The van der Waals surface area contributed by atoms with E-state index in [4.69, 9.17) is 16.3 Å². The molecule has 1 atom stereocenters. The average Bonchev–Trinajstić information content (AvgIpc) is 2.31. The van der Waals surface area contributed by atoms with E-state index in [1.807, 2.05) is 0 Å². The van der Waals surface area contributed by atoms with Crippen LogP contribution in [-0.2, 0) is 11.8 Å². The third-order valence-electron chi connectivity index (χ3n) is 2.60. The number of aromatic nitrogens is 2. The minimum absolute atomic E-state index is 0. The summed E-state index contributed by atoms with van der Waals surface area (Å²) in [6, 6.07) is 0.208. The van der Waals surface area contributed by atoms with Gasteiger partial charge in [0.2, 0.25) is 0 Å². The van der Waals surface area contributed by atoms with Gasteiger partial charge in [0.05, 0.1) is 18.5 Å². The molecule has 5 nitrogen and oxygen atoms in total. The van der Waals surface area contributed by atoms with Crippen LogP contribution in [0.2, 0.25) is 5.02 Å². The van der Waals surface area contributed by atoms with Crippen LogP contribution in [0.4, 0.5) is 5.69 Å². The fraction of sp³-hybridized carbons (Fsp3) is 0.636. The highest BCUT2D eigenvalue weighted by molar-refractivity contribution is 6.32. The Balaban J connectivity index is 0.00000144. The Bertz CT molecular complexity index is 427. The monoisotopic (exact) mass is 259 g/mol. The van der Waals surface area contributed by atoms with Crippen LogP contribution in [0, 0.1) is 0 Å². The SMILES string of the molecule is C.Cn1ncc(NC2CCCOC2)c(Cl)c1=O. The second-order valence-corrected chi connectivity index (χ2v) is 4.24. The lowest BCUT2D eigenvalue weighted by molar-refractivity contribution is 0.0876. The van der Waals surface area contributed by atoms with Crippen molar-refractivity contribution >= 4 is 17.3 Å². The predicted octanol–water partition coefficient (Wildman–Crippen LogP) is 1.66. The van der Waals surface area contributed by atoms with Crippen molar-refractivity contribution in [2.75, 3.05) is 18.5 Å². The van der Waals surface area contributed by atoms with Crippen LogP contribution in [0.3, 0.4) is 0 Å². The number of aryl methyl sites for hydroxylation is 1. The van der Waals surface area contributed by atoms with Crippen molar-refractivity contribution in [3.63, 3.8) is 0 Å². The normalized spacial score (nSPS) is 19.5. The summed E-state index contributed by atoms with van der Waals surface area (Å²) in [5.41, 5.74) is 0.295. The minimum atomic E-state index is -0.289. The molecule has 0 amide bonds. The van der Waals surface area contributed by atoms with Gasteiger partial charge < -0.3 is 10.1 Å². The summed E-state index contributed by atoms with van der Waals surface area (Å²) in [6.07, 6.45) is 3.61. The summed E-state index contributed by atoms with van der Waals surface area (Å²) in [7, 11) is 1.57. The smallest absolute Gasteiger partial charge is 0.287 e. The second kappa shape index (κ2) is 6.02. The molecule has 96 valence electrons. The van der Waals surface area contributed by atoms with E-state index in [9.17, 15) is 4.79 Å². The maximum absolute atomic E-state index is 11.5. The van der Waals surface area contributed by atoms with Gasteiger partial charge in [-0.15, -0.1) is 0 Å². The first-order chi connectivity index (χ1) is 7.68. The number of anilines is 1. The van der Waals surface area contributed by atoms with Gasteiger partial charge in [0.15, 0.2) is 0 Å². The molecule has 1 N–H and O–H groups in total. The van der Waals surface area contributed by atoms with E-state index in [1.165, 1.54) is 4.68 Å². The Morgan fingerprint density at radius 3 is 3.06 bits per heavy atom. The first kappa shape index (κ1) is 14.0. The second-order valence-electron chi connectivity index (χ2n) is 3.86. The standard InChI is InChI=1S/C10H14ClN3O2.CH4/c1-14-10(15)9(11)8(5-12-14)13-7-3-2-4-16-6-7;/h5,7,13H,2-4,6H2,1H3;1H4. The molecule has 1 aromatic heterocycles. The number of hydrogen-bond donors (Lipinski definition) is 1. The van der Waals surface area contributed by atoms with Crippen molar-refractivity contribution < 1.29 is 4.74 Å². The summed E-state index contributed by atoms with van der Waals surface area (Å²) >= 11 is 5.94. The summed E-state index contributed by atoms with van der Waals surface area (Å²) in [6.45, 7) is 1.45. The van der Waals surface area contributed by atoms with Gasteiger partial charge in [-0.1, -0.05) is 19.0 Å². The summed E-state index contributed by atoms with van der Waals surface area (Å²) in [5.74, 6) is 0. The molecule has 1 saturated heterocycles. The molecule has 2 heterocycles. The fourth-order valence-electron chi connectivity index (χ4n) is 1.69. The maximum atomic E-state index is 11.5. The van der Waals surface area contributed by atoms with Crippen LogP contribution in [0.15, 0.2) is 11.0 Å². The molecule has 0 aromatic carbocycles. The van der Waals surface area contributed by atoms with Crippen LogP contribution in [0.1, 0.15) is 20.3 Å². The van der Waals surface area contributed by atoms with Crippen molar-refractivity contribution in [1.82, 2.24) is 9.78 Å². The van der Waals surface area contributed by atoms with Crippen molar-refractivity contribution in [2.45, 2.75) is 26.3 Å². The Morgan fingerprint density at radius 2 is 2.41 bits per heavy atom. The van der Waals surface area contributed by atoms with Crippen LogP contribution in [0.25, 0.3) is 0 Å². The molecule has 2 rings (SSSR count). The van der Waals surface area contributed by atoms with Gasteiger partial charge >= 0.3 is 0 Å². The van der Waals surface area contributed by atoms with Gasteiger partial charge in [0, 0.05) is 19.7 Å². The molecule has 0 saturated carbocycles. The largest absolute Gasteiger partial charge is 0.379 e. The van der Waals surface area contributed by atoms with E-state index in [0.717, 1.165) is 19.4 Å². The molecule has 1 aliphatic rings. The maximum Gasteiger partial charge on any atom is 0.287 e. The first-order valence-electron chi connectivity index (χ1n) is 5.24. The number of rotatable bonds is 2. The lowest BCUT2D eigenvalue weighted by atomic mass is 10.1. The molecule has 0 radical (unpaired) electrons. The molecule has 1 aromatic rings. The van der Waals surface area contributed by atoms with E-state index in [1.54, 1.807) is 13.2 Å². The zero-order valence-corrected chi connectivity index (χ0v) is 9.83. The van der Waals surface area contributed by atoms with E-state index < -0.39 is 0 Å². The van der Waals surface area contributed by atoms with Crippen molar-refractivity contribution in [3.05, 3.63) is 21.6 Å². The lowest BCUT2D eigenvalue weighted by Crippen LogP contribution is -2.31. The molecular formula is C11H18ClN3O2. The molecule has 0 spiro atoms. The predicted molar refractivity (Wildman–Crippen MR) is 68.7 cm³/mol. The van der Waals surface area contributed by atoms with Crippen LogP contribution >= 0.6 is 11.6 Å². The highest BCUT2D eigenvalue weighted by Crippen LogP contribution is 2.18. The Labute approximate surface area is 106 Å². The third kappa shape index (κ3) is 3.20. The molecule has 1 aliphatic heterocycles. The lowest BCUT2D eigenvalue weighted by Gasteiger charge is -2.24. The van der Waals surface area contributed by atoms with Crippen molar-refractivity contribution in [2.24, 2.45) is 7.05 Å². The van der Waals surface area contributed by atoms with Crippen LogP contribution in [0.5, 0.6) is 0 Å². The molecule has 0 bridgehead atoms. The highest BCUT2D eigenvalue weighted by Gasteiger charge is 2.16. The molecule has 0 aliphatic carbocycles. The Kier molecular flexibility index (Phi) is 4.96. The van der Waals surface area contributed by atoms with Gasteiger partial charge in [-0.25, -0.2) is 4.68 Å². The van der Waals surface area contributed by atoms with Crippen molar-refractivity contribution in [1.29, 1.82) is 0 Å². The van der Waals surface area contributed by atoms with Crippen molar-refractivity contribution in [3.8, 4) is 0 Å². The number of nitrogens with zero attached hydrogens (tertiary/aromatic N) is 2. The molecule has 17 heavy (non-hydrogen) atoms. The van der Waals surface area contributed by atoms with Gasteiger partial charge in [0.1, 0.15) is 5.02 Å². The zero-order valence-electron chi connectivity index (χ0n) is 9.07. The summed E-state index contributed by atoms with van der Waals surface area (Å²) in [4.78, 5) is 11.5. The van der Waals surface area contributed by atoms with Gasteiger partial charge in [-0.05, 0) is 12.8 Å². The quantitative estimate of drug-likeness (QED) is 0.878.